The van der Waals surface area contributed by atoms with Crippen LogP contribution in [0.5, 0.6) is 5.88 Å². The largest absolute Gasteiger partial charge is 0.481 e. The van der Waals surface area contributed by atoms with Gasteiger partial charge in [-0.1, -0.05) is 6.07 Å². The molecule has 9 heteroatoms. The van der Waals surface area contributed by atoms with Crippen LogP contribution >= 0.6 is 0 Å². The normalized spacial score (nSPS) is 17.2. The zero-order chi connectivity index (χ0) is 23.7. The van der Waals surface area contributed by atoms with Crippen molar-refractivity contribution >= 4 is 29.2 Å². The molecule has 1 radical (unpaired) electrons. The Morgan fingerprint density at radius 3 is 2.85 bits per heavy atom. The number of anilines is 3. The summed E-state index contributed by atoms with van der Waals surface area (Å²) in [5.41, 5.74) is 3.07. The number of hydrogen-bond donors (Lipinski definition) is 1. The number of halogens is 1. The van der Waals surface area contributed by atoms with Crippen molar-refractivity contribution in [1.82, 2.24) is 15.3 Å². The molecule has 1 aromatic carbocycles. The maximum atomic E-state index is 15.0. The summed E-state index contributed by atoms with van der Waals surface area (Å²) >= 11 is 0. The molecule has 2 aliphatic rings. The first-order chi connectivity index (χ1) is 16.5. The van der Waals surface area contributed by atoms with Crippen LogP contribution in [-0.4, -0.2) is 48.8 Å². The average Bonchev–Trinajstić information content (AvgIpc) is 2.84. The number of benzene rings is 1. The average molecular weight is 460 g/mol. The number of nitrogens with zero attached hydrogens (tertiary/aromatic N) is 4. The summed E-state index contributed by atoms with van der Waals surface area (Å²) in [7, 11) is 1.54. The zero-order valence-electron chi connectivity index (χ0n) is 18.8. The van der Waals surface area contributed by atoms with Crippen molar-refractivity contribution in [3.63, 3.8) is 0 Å². The molecule has 1 N–H and O–H groups in total. The summed E-state index contributed by atoms with van der Waals surface area (Å²) in [4.78, 5) is 23.6. The van der Waals surface area contributed by atoms with Gasteiger partial charge in [0.25, 0.3) is 5.91 Å². The van der Waals surface area contributed by atoms with Crippen LogP contribution in [0.1, 0.15) is 22.8 Å². The second-order valence-corrected chi connectivity index (χ2v) is 8.05. The minimum Gasteiger partial charge on any atom is -0.481 e. The lowest BCUT2D eigenvalue weighted by molar-refractivity contribution is 0.0530. The van der Waals surface area contributed by atoms with E-state index < -0.39 is 5.91 Å². The third-order valence-electron chi connectivity index (χ3n) is 5.70. The van der Waals surface area contributed by atoms with Gasteiger partial charge < -0.3 is 19.7 Å². The number of methoxy groups -OCH3 is 1. The Hall–Kier alpha value is -3.98. The van der Waals surface area contributed by atoms with Gasteiger partial charge >= 0.3 is 0 Å². The molecule has 2 aliphatic heterocycles. The number of aromatic nitrogens is 2. The van der Waals surface area contributed by atoms with Crippen molar-refractivity contribution in [3.05, 3.63) is 65.6 Å². The molecular formula is C25H23FN5O3. The van der Waals surface area contributed by atoms with Crippen LogP contribution in [0.25, 0.3) is 17.5 Å². The van der Waals surface area contributed by atoms with Crippen molar-refractivity contribution in [2.45, 2.75) is 13.0 Å². The van der Waals surface area contributed by atoms with Gasteiger partial charge in [0.05, 0.1) is 42.5 Å². The van der Waals surface area contributed by atoms with E-state index in [2.05, 4.69) is 20.6 Å². The van der Waals surface area contributed by atoms with E-state index in [1.807, 2.05) is 17.9 Å². The van der Waals surface area contributed by atoms with E-state index in [9.17, 15) is 4.79 Å². The molecule has 5 rings (SSSR count). The molecule has 0 bridgehead atoms. The summed E-state index contributed by atoms with van der Waals surface area (Å²) in [6, 6.07) is 12.0. The number of fused-ring (bicyclic) bond motifs is 1. The van der Waals surface area contributed by atoms with Crippen molar-refractivity contribution in [1.29, 1.82) is 0 Å². The van der Waals surface area contributed by atoms with Gasteiger partial charge in [0.15, 0.2) is 0 Å². The van der Waals surface area contributed by atoms with E-state index in [1.54, 1.807) is 36.4 Å². The number of amides is 1. The minimum absolute atomic E-state index is 0.0393. The molecule has 34 heavy (non-hydrogen) atoms. The smallest absolute Gasteiger partial charge is 0.281 e. The molecule has 1 atom stereocenters. The monoisotopic (exact) mass is 460 g/mol. The summed E-state index contributed by atoms with van der Waals surface area (Å²) < 4.78 is 25.8. The molecule has 8 nitrogen and oxygen atoms in total. The number of carbonyl (C=O) groups excluding carboxylic acids is 1. The van der Waals surface area contributed by atoms with Crippen molar-refractivity contribution in [2.24, 2.45) is 0 Å². The fraction of sp³-hybridized carbons (Fsp3) is 0.240. The number of ether oxygens (including phenoxy) is 2. The zero-order valence-corrected chi connectivity index (χ0v) is 18.8. The van der Waals surface area contributed by atoms with Gasteiger partial charge in [-0.2, -0.15) is 0 Å². The molecule has 1 saturated heterocycles. The van der Waals surface area contributed by atoms with Crippen LogP contribution < -0.4 is 20.3 Å². The van der Waals surface area contributed by atoms with Crippen LogP contribution in [0.2, 0.25) is 0 Å². The van der Waals surface area contributed by atoms with Crippen molar-refractivity contribution in [3.8, 4) is 17.3 Å². The topological polar surface area (TPSA) is 90.7 Å². The summed E-state index contributed by atoms with van der Waals surface area (Å²) in [5, 5.41) is 6.99. The lowest BCUT2D eigenvalue weighted by Crippen LogP contribution is -2.41. The van der Waals surface area contributed by atoms with Crippen molar-refractivity contribution in [2.75, 3.05) is 37.0 Å². The highest BCUT2D eigenvalue weighted by atomic mass is 19.1. The molecular weight excluding hydrogens is 437 g/mol. The van der Waals surface area contributed by atoms with E-state index >= 15 is 4.39 Å². The van der Waals surface area contributed by atoms with Crippen LogP contribution in [0.3, 0.4) is 0 Å². The molecule has 0 spiro atoms. The first-order valence-corrected chi connectivity index (χ1v) is 10.9. The highest BCUT2D eigenvalue weighted by Crippen LogP contribution is 2.32. The Kier molecular flexibility index (Phi) is 5.85. The lowest BCUT2D eigenvalue weighted by atomic mass is 10.0. The third-order valence-corrected chi connectivity index (χ3v) is 5.70. The summed E-state index contributed by atoms with van der Waals surface area (Å²) in [6.07, 6.45) is 3.23. The van der Waals surface area contributed by atoms with Crippen LogP contribution in [0, 0.1) is 5.82 Å². The number of rotatable bonds is 5. The molecule has 2 aromatic heterocycles. The van der Waals surface area contributed by atoms with E-state index in [4.69, 9.17) is 9.47 Å². The number of morpholine rings is 1. The van der Waals surface area contributed by atoms with E-state index in [0.29, 0.717) is 59.5 Å². The highest BCUT2D eigenvalue weighted by molar-refractivity contribution is 6.05. The quantitative estimate of drug-likeness (QED) is 0.616. The van der Waals surface area contributed by atoms with Crippen LogP contribution in [0.15, 0.2) is 48.7 Å². The fourth-order valence-electron chi connectivity index (χ4n) is 4.08. The molecule has 0 aliphatic carbocycles. The fourth-order valence-corrected chi connectivity index (χ4v) is 4.08. The van der Waals surface area contributed by atoms with Gasteiger partial charge in [-0.05, 0) is 48.9 Å². The minimum atomic E-state index is -0.419. The Morgan fingerprint density at radius 1 is 1.18 bits per heavy atom. The standard InChI is InChI=1S/C25H23FN5O3/c1-15-14-31(10-11-34-15)21-7-6-17(13-18(21)26)28-24-23-16(8-9-27-25(23)32)12-20(30-24)19-4-3-5-22(29-19)33-2/h3-9,12-13,15H,10-11,14H2,1-2H3,(H,28,30)/t15-/m1/s1. The molecule has 1 amide bonds. The van der Waals surface area contributed by atoms with E-state index in [-0.39, 0.29) is 17.7 Å². The Balaban J connectivity index is 1.51. The Labute approximate surface area is 196 Å². The maximum Gasteiger partial charge on any atom is 0.281 e. The Morgan fingerprint density at radius 2 is 2.06 bits per heavy atom. The van der Waals surface area contributed by atoms with E-state index in [1.165, 1.54) is 19.4 Å². The predicted octanol–water partition coefficient (Wildman–Crippen LogP) is 3.99. The third kappa shape index (κ3) is 4.29. The molecule has 3 aromatic rings. The first kappa shape index (κ1) is 21.8. The van der Waals surface area contributed by atoms with Gasteiger partial charge in [-0.15, -0.1) is 0 Å². The molecule has 0 saturated carbocycles. The highest BCUT2D eigenvalue weighted by Gasteiger charge is 2.24. The molecule has 4 heterocycles. The second kappa shape index (κ2) is 9.11. The number of nitrogens with one attached hydrogen (secondary N) is 1. The van der Waals surface area contributed by atoms with Gasteiger partial charge in [-0.25, -0.2) is 19.7 Å². The van der Waals surface area contributed by atoms with Gasteiger partial charge in [0, 0.05) is 31.0 Å². The molecule has 0 unspecified atom stereocenters. The van der Waals surface area contributed by atoms with E-state index in [0.717, 1.165) is 0 Å². The van der Waals surface area contributed by atoms with Crippen LogP contribution in [0.4, 0.5) is 21.6 Å². The molecule has 173 valence electrons. The number of carbonyl (C=O) groups is 1. The van der Waals surface area contributed by atoms with Gasteiger partial charge in [0.2, 0.25) is 5.88 Å². The predicted molar refractivity (Wildman–Crippen MR) is 127 cm³/mol. The first-order valence-electron chi connectivity index (χ1n) is 10.9. The summed E-state index contributed by atoms with van der Waals surface area (Å²) in [6.45, 7) is 3.77. The second-order valence-electron chi connectivity index (χ2n) is 8.05. The van der Waals surface area contributed by atoms with Crippen molar-refractivity contribution < 1.29 is 18.7 Å². The SMILES string of the molecule is COc1cccc(-c2cc3c(c(Nc4ccc(N5CCO[C@H](C)C5)c(F)c4)n2)C(=O)[N]C=C3)n1. The Bertz CT molecular complexity index is 1280. The van der Waals surface area contributed by atoms with Gasteiger partial charge in [0.1, 0.15) is 11.6 Å². The number of pyridine rings is 2. The lowest BCUT2D eigenvalue weighted by Gasteiger charge is -2.33. The molecule has 1 fully saturated rings. The van der Waals surface area contributed by atoms with Gasteiger partial charge in [-0.3, -0.25) is 4.79 Å². The summed E-state index contributed by atoms with van der Waals surface area (Å²) in [5.74, 6) is -0.0582. The maximum absolute atomic E-state index is 15.0. The number of hydrogen-bond acceptors (Lipinski definition) is 7. The van der Waals surface area contributed by atoms with Crippen LogP contribution in [-0.2, 0) is 4.74 Å².